The van der Waals surface area contributed by atoms with Crippen LogP contribution in [-0.4, -0.2) is 11.3 Å². The van der Waals surface area contributed by atoms with E-state index < -0.39 is 6.16 Å². The first-order valence-corrected chi connectivity index (χ1v) is 4.10. The smallest absolute Gasteiger partial charge is 0.464 e. The van der Waals surface area contributed by atoms with Gasteiger partial charge >= 0.3 is 6.16 Å². The summed E-state index contributed by atoms with van der Waals surface area (Å²) in [6.45, 7) is 0. The molecule has 0 fully saturated rings. The summed E-state index contributed by atoms with van der Waals surface area (Å²) in [4.78, 5) is 21.8. The third-order valence-corrected chi connectivity index (χ3v) is 1.85. The SMILES string of the molecule is O=C(O)Oc1cccc2occc(=O)c12. The van der Waals surface area contributed by atoms with Crippen LogP contribution in [0.15, 0.2) is 39.7 Å². The minimum Gasteiger partial charge on any atom is -0.464 e. The van der Waals surface area contributed by atoms with Gasteiger partial charge in [-0.1, -0.05) is 6.07 Å². The first-order chi connectivity index (χ1) is 7.18. The predicted molar refractivity (Wildman–Crippen MR) is 51.1 cm³/mol. The van der Waals surface area contributed by atoms with Crippen molar-refractivity contribution in [1.29, 1.82) is 0 Å². The molecule has 0 radical (unpaired) electrons. The van der Waals surface area contributed by atoms with Crippen molar-refractivity contribution in [1.82, 2.24) is 0 Å². The van der Waals surface area contributed by atoms with Crippen LogP contribution in [0.2, 0.25) is 0 Å². The van der Waals surface area contributed by atoms with E-state index in [1.807, 2.05) is 0 Å². The molecule has 2 rings (SSSR count). The second kappa shape index (κ2) is 3.45. The molecule has 76 valence electrons. The third kappa shape index (κ3) is 1.67. The zero-order valence-electron chi connectivity index (χ0n) is 7.47. The Hall–Kier alpha value is -2.30. The molecule has 0 saturated heterocycles. The van der Waals surface area contributed by atoms with E-state index in [9.17, 15) is 9.59 Å². The molecule has 0 spiro atoms. The highest BCUT2D eigenvalue weighted by Crippen LogP contribution is 2.21. The molecule has 0 bridgehead atoms. The van der Waals surface area contributed by atoms with Crippen molar-refractivity contribution in [2.24, 2.45) is 0 Å². The summed E-state index contributed by atoms with van der Waals surface area (Å²) in [6, 6.07) is 5.71. The largest absolute Gasteiger partial charge is 0.511 e. The summed E-state index contributed by atoms with van der Waals surface area (Å²) >= 11 is 0. The molecule has 2 aromatic rings. The lowest BCUT2D eigenvalue weighted by Gasteiger charge is -2.02. The molecule has 5 nitrogen and oxygen atoms in total. The van der Waals surface area contributed by atoms with Crippen molar-refractivity contribution >= 4 is 17.1 Å². The Labute approximate surface area is 83.5 Å². The van der Waals surface area contributed by atoms with Gasteiger partial charge in [0.05, 0.1) is 6.26 Å². The number of carbonyl (C=O) groups is 1. The molecule has 1 aromatic heterocycles. The summed E-state index contributed by atoms with van der Waals surface area (Å²) in [5.41, 5.74) is -0.0469. The molecule has 1 N–H and O–H groups in total. The number of benzene rings is 1. The quantitative estimate of drug-likeness (QED) is 0.569. The predicted octanol–water partition coefficient (Wildman–Crippen LogP) is 1.85. The topological polar surface area (TPSA) is 76.7 Å². The van der Waals surface area contributed by atoms with Crippen LogP contribution in [0.1, 0.15) is 0 Å². The minimum atomic E-state index is -1.47. The van der Waals surface area contributed by atoms with Gasteiger partial charge in [-0.3, -0.25) is 4.79 Å². The van der Waals surface area contributed by atoms with Crippen LogP contribution in [0.5, 0.6) is 5.75 Å². The van der Waals surface area contributed by atoms with Gasteiger partial charge in [-0.05, 0) is 12.1 Å². The van der Waals surface area contributed by atoms with Gasteiger partial charge < -0.3 is 14.3 Å². The Kier molecular flexibility index (Phi) is 2.13. The number of hydrogen-bond donors (Lipinski definition) is 1. The Balaban J connectivity index is 2.74. The maximum absolute atomic E-state index is 11.4. The second-order valence-corrected chi connectivity index (χ2v) is 2.78. The highest BCUT2D eigenvalue weighted by atomic mass is 16.7. The van der Waals surface area contributed by atoms with E-state index in [1.54, 1.807) is 12.1 Å². The van der Waals surface area contributed by atoms with E-state index in [4.69, 9.17) is 9.52 Å². The summed E-state index contributed by atoms with van der Waals surface area (Å²) in [7, 11) is 0. The van der Waals surface area contributed by atoms with Gasteiger partial charge in [0, 0.05) is 6.07 Å². The molecule has 0 unspecified atom stereocenters. The summed E-state index contributed by atoms with van der Waals surface area (Å²) in [5, 5.41) is 8.59. The van der Waals surface area contributed by atoms with Crippen molar-refractivity contribution in [2.45, 2.75) is 0 Å². The van der Waals surface area contributed by atoms with Crippen molar-refractivity contribution in [3.8, 4) is 5.75 Å². The fourth-order valence-electron chi connectivity index (χ4n) is 1.28. The van der Waals surface area contributed by atoms with Crippen molar-refractivity contribution in [3.05, 3.63) is 40.8 Å². The fraction of sp³-hybridized carbons (Fsp3) is 0. The molecule has 0 aliphatic heterocycles. The lowest BCUT2D eigenvalue weighted by atomic mass is 10.2. The average Bonchev–Trinajstić information content (AvgIpc) is 2.17. The number of fused-ring (bicyclic) bond motifs is 1. The standard InChI is InChI=1S/C10H6O5/c11-6-4-5-14-7-2-1-3-8(9(6)7)15-10(12)13/h1-5H,(H,12,13). The summed E-state index contributed by atoms with van der Waals surface area (Å²) < 4.78 is 9.51. The Morgan fingerprint density at radius 3 is 2.87 bits per heavy atom. The van der Waals surface area contributed by atoms with Crippen LogP contribution in [0.25, 0.3) is 11.0 Å². The summed E-state index contributed by atoms with van der Waals surface area (Å²) in [5.74, 6) is -0.0191. The third-order valence-electron chi connectivity index (χ3n) is 1.85. The van der Waals surface area contributed by atoms with Crippen molar-refractivity contribution < 1.29 is 19.1 Å². The van der Waals surface area contributed by atoms with E-state index in [-0.39, 0.29) is 16.6 Å². The zero-order valence-corrected chi connectivity index (χ0v) is 7.47. The van der Waals surface area contributed by atoms with E-state index >= 15 is 0 Å². The molecule has 1 heterocycles. The summed E-state index contributed by atoms with van der Waals surface area (Å²) in [6.07, 6.45) is -0.222. The molecular formula is C10H6O5. The van der Waals surface area contributed by atoms with E-state index in [0.717, 1.165) is 0 Å². The fourth-order valence-corrected chi connectivity index (χ4v) is 1.28. The van der Waals surface area contributed by atoms with Crippen LogP contribution in [0.3, 0.4) is 0 Å². The van der Waals surface area contributed by atoms with Crippen molar-refractivity contribution in [3.63, 3.8) is 0 Å². The Morgan fingerprint density at radius 1 is 1.33 bits per heavy atom. The Bertz CT molecular complexity index is 564. The van der Waals surface area contributed by atoms with Crippen LogP contribution in [0, 0.1) is 0 Å². The zero-order chi connectivity index (χ0) is 10.8. The average molecular weight is 206 g/mol. The van der Waals surface area contributed by atoms with Crippen LogP contribution >= 0.6 is 0 Å². The molecule has 0 aliphatic carbocycles. The first-order valence-electron chi connectivity index (χ1n) is 4.10. The van der Waals surface area contributed by atoms with Crippen LogP contribution < -0.4 is 10.2 Å². The van der Waals surface area contributed by atoms with Gasteiger partial charge in [0.25, 0.3) is 0 Å². The highest BCUT2D eigenvalue weighted by Gasteiger charge is 2.09. The maximum Gasteiger partial charge on any atom is 0.511 e. The minimum absolute atomic E-state index is 0.0191. The van der Waals surface area contributed by atoms with Crippen LogP contribution in [-0.2, 0) is 0 Å². The van der Waals surface area contributed by atoms with Crippen LogP contribution in [0.4, 0.5) is 4.79 Å². The van der Waals surface area contributed by atoms with Crippen molar-refractivity contribution in [2.75, 3.05) is 0 Å². The molecule has 0 saturated carbocycles. The van der Waals surface area contributed by atoms with E-state index in [1.165, 1.54) is 18.4 Å². The number of carboxylic acid groups (broad SMARTS) is 1. The lowest BCUT2D eigenvalue weighted by molar-refractivity contribution is 0.145. The number of hydrogen-bond acceptors (Lipinski definition) is 4. The molecule has 1 aromatic carbocycles. The first kappa shape index (κ1) is 9.26. The molecule has 0 amide bonds. The highest BCUT2D eigenvalue weighted by molar-refractivity contribution is 5.84. The van der Waals surface area contributed by atoms with Gasteiger partial charge in [-0.25, -0.2) is 4.79 Å². The molecule has 15 heavy (non-hydrogen) atoms. The second-order valence-electron chi connectivity index (χ2n) is 2.78. The molecule has 0 atom stereocenters. The maximum atomic E-state index is 11.4. The molecule has 0 aliphatic rings. The van der Waals surface area contributed by atoms with Gasteiger partial charge in [-0.2, -0.15) is 0 Å². The van der Waals surface area contributed by atoms with E-state index in [0.29, 0.717) is 5.58 Å². The van der Waals surface area contributed by atoms with Gasteiger partial charge in [0.1, 0.15) is 16.7 Å². The lowest BCUT2D eigenvalue weighted by Crippen LogP contribution is -2.07. The van der Waals surface area contributed by atoms with E-state index in [2.05, 4.69) is 4.74 Å². The normalized spacial score (nSPS) is 10.1. The molecule has 5 heteroatoms. The monoisotopic (exact) mass is 206 g/mol. The number of ether oxygens (including phenoxy) is 1. The van der Waals surface area contributed by atoms with Gasteiger partial charge in [-0.15, -0.1) is 0 Å². The molecular weight excluding hydrogens is 200 g/mol. The van der Waals surface area contributed by atoms with Gasteiger partial charge in [0.2, 0.25) is 0 Å². The van der Waals surface area contributed by atoms with Gasteiger partial charge in [0.15, 0.2) is 5.43 Å². The number of rotatable bonds is 1. The Morgan fingerprint density at radius 2 is 2.13 bits per heavy atom.